The number of aryl methyl sites for hydroxylation is 1. The van der Waals surface area contributed by atoms with Crippen LogP contribution in [0.5, 0.6) is 5.75 Å². The van der Waals surface area contributed by atoms with Crippen LogP contribution in [0.1, 0.15) is 55.3 Å². The van der Waals surface area contributed by atoms with Crippen molar-refractivity contribution in [3.05, 3.63) is 69.0 Å². The first-order valence-electron chi connectivity index (χ1n) is 11.8. The van der Waals surface area contributed by atoms with E-state index in [9.17, 15) is 9.59 Å². The number of hydrogen-bond acceptors (Lipinski definition) is 6. The predicted molar refractivity (Wildman–Crippen MR) is 151 cm³/mol. The van der Waals surface area contributed by atoms with Crippen molar-refractivity contribution in [3.63, 3.8) is 0 Å². The molecule has 4 nitrogen and oxygen atoms in total. The van der Waals surface area contributed by atoms with Crippen LogP contribution in [0.2, 0.25) is 10.0 Å². The number of ether oxygens (including phenoxy) is 2. The highest BCUT2D eigenvalue weighted by Crippen LogP contribution is 2.37. The van der Waals surface area contributed by atoms with E-state index in [4.69, 9.17) is 32.7 Å². The van der Waals surface area contributed by atoms with Gasteiger partial charge in [0.05, 0.1) is 16.5 Å². The Kier molecular flexibility index (Phi) is 10.3. The van der Waals surface area contributed by atoms with Gasteiger partial charge in [0, 0.05) is 16.2 Å². The van der Waals surface area contributed by atoms with Crippen molar-refractivity contribution in [3.8, 4) is 16.2 Å². The Hall–Kier alpha value is -1.99. The van der Waals surface area contributed by atoms with Gasteiger partial charge in [-0.3, -0.25) is 4.79 Å². The average Bonchev–Trinajstić information content (AvgIpc) is 3.37. The Bertz CT molecular complexity index is 1200. The summed E-state index contributed by atoms with van der Waals surface area (Å²) in [5, 5.41) is 0.529. The van der Waals surface area contributed by atoms with Gasteiger partial charge >= 0.3 is 5.97 Å². The summed E-state index contributed by atoms with van der Waals surface area (Å²) in [6, 6.07) is 15.6. The summed E-state index contributed by atoms with van der Waals surface area (Å²) in [7, 11) is 0. The number of esters is 1. The maximum Gasteiger partial charge on any atom is 0.349 e. The van der Waals surface area contributed by atoms with E-state index in [1.165, 1.54) is 16.2 Å². The van der Waals surface area contributed by atoms with Gasteiger partial charge in [-0.25, -0.2) is 4.79 Å². The number of rotatable bonds is 12. The van der Waals surface area contributed by atoms with Gasteiger partial charge in [-0.2, -0.15) is 0 Å². The predicted octanol–water partition coefficient (Wildman–Crippen LogP) is 8.76. The Balaban J connectivity index is 1.63. The number of thiophene rings is 1. The molecule has 0 aliphatic heterocycles. The summed E-state index contributed by atoms with van der Waals surface area (Å²) in [5.41, 5.74) is 0.625. The van der Waals surface area contributed by atoms with E-state index in [0.717, 1.165) is 28.8 Å². The molecule has 1 aromatic heterocycles. The minimum Gasteiger partial charge on any atom is -0.475 e. The highest BCUT2D eigenvalue weighted by atomic mass is 35.5. The van der Waals surface area contributed by atoms with Crippen molar-refractivity contribution in [2.24, 2.45) is 0 Å². The zero-order valence-corrected chi connectivity index (χ0v) is 24.0. The normalized spacial score (nSPS) is 11.4. The molecular formula is C28H30Cl2O4S2. The van der Waals surface area contributed by atoms with Gasteiger partial charge in [0.2, 0.25) is 0 Å². The molecule has 0 saturated heterocycles. The summed E-state index contributed by atoms with van der Waals surface area (Å²) in [6.07, 6.45) is 4.51. The number of carbonyl (C=O) groups is 2. The van der Waals surface area contributed by atoms with E-state index < -0.39 is 11.6 Å². The van der Waals surface area contributed by atoms with Crippen LogP contribution in [0, 0.1) is 0 Å². The number of carbonyl (C=O) groups excluding carboxylic acids is 2. The lowest BCUT2D eigenvalue weighted by Crippen LogP contribution is -2.40. The molecule has 1 heterocycles. The molecule has 3 aromatic rings. The zero-order valence-electron chi connectivity index (χ0n) is 20.9. The molecule has 3 rings (SSSR count). The Labute approximate surface area is 231 Å². The van der Waals surface area contributed by atoms with Crippen LogP contribution in [0.25, 0.3) is 10.4 Å². The van der Waals surface area contributed by atoms with Gasteiger partial charge in [0.25, 0.3) is 0 Å². The molecule has 0 fully saturated rings. The van der Waals surface area contributed by atoms with Crippen molar-refractivity contribution < 1.29 is 19.1 Å². The van der Waals surface area contributed by atoms with E-state index in [-0.39, 0.29) is 10.8 Å². The van der Waals surface area contributed by atoms with E-state index >= 15 is 0 Å². The third kappa shape index (κ3) is 7.28. The van der Waals surface area contributed by atoms with Crippen LogP contribution >= 0.6 is 46.3 Å². The van der Waals surface area contributed by atoms with Crippen LogP contribution in [0.15, 0.2) is 53.4 Å². The first-order chi connectivity index (χ1) is 17.2. The SMILES string of the molecule is CCCCOC(=O)C(C)(C)Oc1ccc(CCC(=O)c2ccc(-c3ccc(SC)cc3)s2)c(Cl)c1Cl. The smallest absolute Gasteiger partial charge is 0.349 e. The number of thioether (sulfide) groups is 1. The molecule has 0 amide bonds. The summed E-state index contributed by atoms with van der Waals surface area (Å²) in [4.78, 5) is 28.2. The van der Waals surface area contributed by atoms with Crippen LogP contribution in [0.4, 0.5) is 0 Å². The molecule has 8 heteroatoms. The van der Waals surface area contributed by atoms with E-state index in [2.05, 4.69) is 24.3 Å². The van der Waals surface area contributed by atoms with E-state index in [1.807, 2.05) is 25.3 Å². The summed E-state index contributed by atoms with van der Waals surface area (Å²) < 4.78 is 11.1. The van der Waals surface area contributed by atoms with Crippen molar-refractivity contribution in [1.82, 2.24) is 0 Å². The molecule has 0 aliphatic rings. The number of benzene rings is 2. The number of halogens is 2. The number of ketones is 1. The Morgan fingerprint density at radius 2 is 1.72 bits per heavy atom. The van der Waals surface area contributed by atoms with Gasteiger partial charge < -0.3 is 9.47 Å². The molecule has 0 aliphatic carbocycles. The Morgan fingerprint density at radius 1 is 1.00 bits per heavy atom. The number of Topliss-reactive ketones (excluding diaryl/α,β-unsaturated/α-hetero) is 1. The largest absolute Gasteiger partial charge is 0.475 e. The van der Waals surface area contributed by atoms with Gasteiger partial charge in [0.15, 0.2) is 11.4 Å². The van der Waals surface area contributed by atoms with Crippen molar-refractivity contribution >= 4 is 58.1 Å². The van der Waals surface area contributed by atoms with Crippen LogP contribution in [-0.2, 0) is 16.0 Å². The number of unbranched alkanes of at least 4 members (excludes halogenated alkanes) is 1. The fourth-order valence-electron chi connectivity index (χ4n) is 3.41. The van der Waals surface area contributed by atoms with Gasteiger partial charge in [-0.1, -0.05) is 54.7 Å². The van der Waals surface area contributed by atoms with Gasteiger partial charge in [0.1, 0.15) is 10.8 Å². The van der Waals surface area contributed by atoms with E-state index in [1.54, 1.807) is 37.7 Å². The molecule has 0 radical (unpaired) electrons. The summed E-state index contributed by atoms with van der Waals surface area (Å²) in [6.45, 7) is 5.63. The molecule has 0 unspecified atom stereocenters. The molecule has 36 heavy (non-hydrogen) atoms. The molecule has 0 bridgehead atoms. The van der Waals surface area contributed by atoms with Crippen LogP contribution in [-0.4, -0.2) is 30.2 Å². The van der Waals surface area contributed by atoms with Crippen LogP contribution in [0.3, 0.4) is 0 Å². The molecule has 2 aromatic carbocycles. The highest BCUT2D eigenvalue weighted by Gasteiger charge is 2.33. The molecule has 0 N–H and O–H groups in total. The first-order valence-corrected chi connectivity index (χ1v) is 14.6. The maximum absolute atomic E-state index is 12.9. The Morgan fingerprint density at radius 3 is 2.39 bits per heavy atom. The van der Waals surface area contributed by atoms with Gasteiger partial charge in [-0.15, -0.1) is 23.1 Å². The van der Waals surface area contributed by atoms with Crippen molar-refractivity contribution in [1.29, 1.82) is 0 Å². The molecule has 192 valence electrons. The summed E-state index contributed by atoms with van der Waals surface area (Å²) >= 11 is 16.2. The summed E-state index contributed by atoms with van der Waals surface area (Å²) in [5.74, 6) is -0.117. The zero-order chi connectivity index (χ0) is 26.3. The van der Waals surface area contributed by atoms with E-state index in [0.29, 0.717) is 35.1 Å². The second kappa shape index (κ2) is 13.0. The average molecular weight is 566 g/mol. The van der Waals surface area contributed by atoms with Gasteiger partial charge in [-0.05, 0) is 74.4 Å². The third-order valence-corrected chi connectivity index (χ3v) is 8.41. The molecular weight excluding hydrogens is 535 g/mol. The van der Waals surface area contributed by atoms with Crippen molar-refractivity contribution in [2.45, 2.75) is 57.0 Å². The first kappa shape index (κ1) is 28.6. The third-order valence-electron chi connectivity index (χ3n) is 5.59. The van der Waals surface area contributed by atoms with Crippen LogP contribution < -0.4 is 4.74 Å². The standard InChI is InChI=1S/C28H30Cl2O4S2/c1-5-6-17-33-27(32)28(2,3)34-22-14-10-19(25(29)26(22)30)9-13-21(31)24-16-15-23(36-24)18-7-11-20(35-4)12-8-18/h7-8,10-12,14-16H,5-6,9,13,17H2,1-4H3. The monoisotopic (exact) mass is 564 g/mol. The molecule has 0 atom stereocenters. The number of hydrogen-bond donors (Lipinski definition) is 0. The maximum atomic E-state index is 12.9. The fourth-order valence-corrected chi connectivity index (χ4v) is 5.27. The van der Waals surface area contributed by atoms with Crippen molar-refractivity contribution in [2.75, 3.05) is 12.9 Å². The quantitative estimate of drug-likeness (QED) is 0.0951. The lowest BCUT2D eigenvalue weighted by molar-refractivity contribution is -0.159. The minimum atomic E-state index is -1.22. The highest BCUT2D eigenvalue weighted by molar-refractivity contribution is 7.98. The lowest BCUT2D eigenvalue weighted by atomic mass is 10.1. The molecule has 0 saturated carbocycles. The lowest BCUT2D eigenvalue weighted by Gasteiger charge is -2.25. The topological polar surface area (TPSA) is 52.6 Å². The molecule has 0 spiro atoms. The second-order valence-corrected chi connectivity index (χ2v) is 11.5. The minimum absolute atomic E-state index is 0.0513. The second-order valence-electron chi connectivity index (χ2n) is 8.77. The fraction of sp³-hybridized carbons (Fsp3) is 0.357.